The topological polar surface area (TPSA) is 90.5 Å². The predicted octanol–water partition coefficient (Wildman–Crippen LogP) is 3.92. The van der Waals surface area contributed by atoms with Gasteiger partial charge in [-0.1, -0.05) is 19.6 Å². The normalized spacial score (nSPS) is 14.9. The minimum absolute atomic E-state index is 0. The fourth-order valence-electron chi connectivity index (χ4n) is 3.39. The van der Waals surface area contributed by atoms with Crippen LogP contribution in [-0.2, 0) is 11.3 Å². The average molecular weight is 451 g/mol. The molecule has 1 aromatic heterocycles. The molecule has 4 rings (SSSR count). The molecule has 1 aliphatic rings. The summed E-state index contributed by atoms with van der Waals surface area (Å²) in [5, 5.41) is 5.97. The van der Waals surface area contributed by atoms with Crippen LogP contribution in [0.2, 0.25) is 0 Å². The number of amides is 2. The number of anilines is 4. The molecule has 9 heteroatoms. The molecule has 0 aliphatic carbocycles. The number of nitrogens with one attached hydrogen (secondary N) is 2. The maximum Gasteiger partial charge on any atom is 0.255 e. The number of nitrogens with zero attached hydrogens (tertiary/aromatic N) is 4. The van der Waals surface area contributed by atoms with Crippen LogP contribution in [0, 0.1) is 5.82 Å². The van der Waals surface area contributed by atoms with Crippen LogP contribution >= 0.6 is 0 Å². The number of fused-ring (bicyclic) bond motifs is 1. The van der Waals surface area contributed by atoms with Gasteiger partial charge in [0.25, 0.3) is 5.91 Å². The summed E-state index contributed by atoms with van der Waals surface area (Å²) in [6.45, 7) is 2.33. The lowest BCUT2D eigenvalue weighted by Crippen LogP contribution is -2.49. The molecule has 0 saturated heterocycles. The molecular formula is C24H27FN6O2. The van der Waals surface area contributed by atoms with E-state index < -0.39 is 0 Å². The number of carbonyl (C=O) groups is 2. The third-order valence-electron chi connectivity index (χ3n) is 5.48. The first-order valence-electron chi connectivity index (χ1n) is 10.1. The summed E-state index contributed by atoms with van der Waals surface area (Å²) in [4.78, 5) is 36.8. The Kier molecular flexibility index (Phi) is 6.91. The number of aromatic nitrogens is 2. The second kappa shape index (κ2) is 9.64. The largest absolute Gasteiger partial charge is 0.350 e. The van der Waals surface area contributed by atoms with Crippen molar-refractivity contribution in [2.24, 2.45) is 0 Å². The van der Waals surface area contributed by atoms with Gasteiger partial charge in [-0.05, 0) is 48.9 Å². The first kappa shape index (κ1) is 23.6. The molecule has 1 atom stereocenters. The van der Waals surface area contributed by atoms with Crippen molar-refractivity contribution in [3.8, 4) is 0 Å². The Labute approximate surface area is 192 Å². The standard InChI is InChI=1S/C23H23FN6O2.CH4/c1-14-22(32)30(3)19-13-26-23(28-20(19)29(14)2)25-12-15-4-10-18(11-5-15)27-21(31)16-6-8-17(24)9-7-16;/h4-11,13-14H,12H2,1-3H3,(H,27,31)(H,25,26,28);1H4/t14-;/m0./s1. The second-order valence-electron chi connectivity index (χ2n) is 7.60. The fourth-order valence-corrected chi connectivity index (χ4v) is 3.39. The lowest BCUT2D eigenvalue weighted by Gasteiger charge is -2.36. The van der Waals surface area contributed by atoms with Gasteiger partial charge in [0.05, 0.1) is 6.20 Å². The summed E-state index contributed by atoms with van der Waals surface area (Å²) in [5.74, 6) is 0.453. The monoisotopic (exact) mass is 450 g/mol. The Morgan fingerprint density at radius 1 is 1.09 bits per heavy atom. The van der Waals surface area contributed by atoms with Crippen LogP contribution in [0.15, 0.2) is 54.7 Å². The molecule has 0 bridgehead atoms. The van der Waals surface area contributed by atoms with E-state index in [0.717, 1.165) is 5.56 Å². The van der Waals surface area contributed by atoms with E-state index in [-0.39, 0.29) is 31.1 Å². The van der Waals surface area contributed by atoms with Gasteiger partial charge in [-0.15, -0.1) is 0 Å². The van der Waals surface area contributed by atoms with E-state index in [1.54, 1.807) is 30.3 Å². The van der Waals surface area contributed by atoms with Gasteiger partial charge in [0, 0.05) is 31.9 Å². The zero-order chi connectivity index (χ0) is 22.8. The van der Waals surface area contributed by atoms with Crippen LogP contribution < -0.4 is 20.4 Å². The van der Waals surface area contributed by atoms with Crippen LogP contribution in [0.5, 0.6) is 0 Å². The van der Waals surface area contributed by atoms with Crippen LogP contribution in [0.4, 0.5) is 27.5 Å². The van der Waals surface area contributed by atoms with Gasteiger partial charge < -0.3 is 20.4 Å². The van der Waals surface area contributed by atoms with Crippen molar-refractivity contribution in [2.75, 3.05) is 34.5 Å². The minimum Gasteiger partial charge on any atom is -0.350 e. The lowest BCUT2D eigenvalue weighted by molar-refractivity contribution is -0.119. The van der Waals surface area contributed by atoms with Gasteiger partial charge in [0.2, 0.25) is 11.9 Å². The second-order valence-corrected chi connectivity index (χ2v) is 7.60. The third kappa shape index (κ3) is 4.92. The van der Waals surface area contributed by atoms with Gasteiger partial charge in [0.15, 0.2) is 5.82 Å². The number of carbonyl (C=O) groups excluding carboxylic acids is 2. The van der Waals surface area contributed by atoms with Gasteiger partial charge in [0.1, 0.15) is 17.5 Å². The van der Waals surface area contributed by atoms with Crippen molar-refractivity contribution in [3.05, 3.63) is 71.7 Å². The molecule has 1 aliphatic heterocycles. The molecule has 172 valence electrons. The molecule has 0 radical (unpaired) electrons. The Bertz CT molecular complexity index is 1150. The Morgan fingerprint density at radius 2 is 1.76 bits per heavy atom. The number of hydrogen-bond donors (Lipinski definition) is 2. The molecule has 2 aromatic carbocycles. The zero-order valence-electron chi connectivity index (χ0n) is 18.0. The van der Waals surface area contributed by atoms with Gasteiger partial charge in [-0.2, -0.15) is 4.98 Å². The summed E-state index contributed by atoms with van der Waals surface area (Å²) in [7, 11) is 3.56. The maximum atomic E-state index is 13.0. The number of benzene rings is 2. The van der Waals surface area contributed by atoms with Crippen molar-refractivity contribution >= 4 is 35.0 Å². The molecule has 3 aromatic rings. The van der Waals surface area contributed by atoms with E-state index in [2.05, 4.69) is 20.6 Å². The van der Waals surface area contributed by atoms with Gasteiger partial charge in [-0.25, -0.2) is 9.37 Å². The molecule has 8 nitrogen and oxygen atoms in total. The van der Waals surface area contributed by atoms with E-state index in [1.807, 2.05) is 31.0 Å². The first-order chi connectivity index (χ1) is 15.3. The van der Waals surface area contributed by atoms with Crippen molar-refractivity contribution in [1.82, 2.24) is 9.97 Å². The molecule has 33 heavy (non-hydrogen) atoms. The smallest absolute Gasteiger partial charge is 0.255 e. The Morgan fingerprint density at radius 3 is 2.42 bits per heavy atom. The summed E-state index contributed by atoms with van der Waals surface area (Å²) in [6.07, 6.45) is 1.64. The number of halogens is 1. The summed E-state index contributed by atoms with van der Waals surface area (Å²) in [6, 6.07) is 12.4. The highest BCUT2D eigenvalue weighted by molar-refractivity contribution is 6.04. The van der Waals surface area contributed by atoms with E-state index in [1.165, 1.54) is 24.3 Å². The molecule has 0 saturated carbocycles. The number of likely N-dealkylation sites (N-methyl/N-ethyl adjacent to an activating group) is 2. The van der Waals surface area contributed by atoms with Crippen LogP contribution in [0.1, 0.15) is 30.3 Å². The predicted molar refractivity (Wildman–Crippen MR) is 128 cm³/mol. The summed E-state index contributed by atoms with van der Waals surface area (Å²) >= 11 is 0. The lowest BCUT2D eigenvalue weighted by atomic mass is 10.1. The van der Waals surface area contributed by atoms with Crippen LogP contribution in [-0.4, -0.2) is 41.9 Å². The van der Waals surface area contributed by atoms with E-state index in [0.29, 0.717) is 35.2 Å². The highest BCUT2D eigenvalue weighted by Gasteiger charge is 2.32. The Balaban J connectivity index is 0.00000306. The first-order valence-corrected chi connectivity index (χ1v) is 10.1. The number of hydrogen-bond acceptors (Lipinski definition) is 6. The summed E-state index contributed by atoms with van der Waals surface area (Å²) in [5.41, 5.74) is 2.66. The van der Waals surface area contributed by atoms with Crippen LogP contribution in [0.3, 0.4) is 0 Å². The molecule has 0 fully saturated rings. The molecule has 2 amide bonds. The van der Waals surface area contributed by atoms with E-state index in [4.69, 9.17) is 0 Å². The molecular weight excluding hydrogens is 423 g/mol. The molecule has 2 N–H and O–H groups in total. The van der Waals surface area contributed by atoms with E-state index in [9.17, 15) is 14.0 Å². The van der Waals surface area contributed by atoms with Gasteiger partial charge >= 0.3 is 0 Å². The molecule has 2 heterocycles. The van der Waals surface area contributed by atoms with Crippen LogP contribution in [0.25, 0.3) is 0 Å². The summed E-state index contributed by atoms with van der Waals surface area (Å²) < 4.78 is 13.0. The third-order valence-corrected chi connectivity index (χ3v) is 5.48. The van der Waals surface area contributed by atoms with E-state index >= 15 is 0 Å². The van der Waals surface area contributed by atoms with Crippen molar-refractivity contribution in [1.29, 1.82) is 0 Å². The fraction of sp³-hybridized carbons (Fsp3) is 0.250. The Hall–Kier alpha value is -4.01. The van der Waals surface area contributed by atoms with Crippen molar-refractivity contribution in [2.45, 2.75) is 26.9 Å². The molecule has 0 unspecified atom stereocenters. The average Bonchev–Trinajstić information content (AvgIpc) is 2.81. The highest BCUT2D eigenvalue weighted by Crippen LogP contribution is 2.32. The zero-order valence-corrected chi connectivity index (χ0v) is 18.0. The highest BCUT2D eigenvalue weighted by atomic mass is 19.1. The van der Waals surface area contributed by atoms with Crippen molar-refractivity contribution in [3.63, 3.8) is 0 Å². The maximum absolute atomic E-state index is 13.0. The minimum atomic E-state index is -0.386. The molecule has 0 spiro atoms. The van der Waals surface area contributed by atoms with Crippen molar-refractivity contribution < 1.29 is 14.0 Å². The number of rotatable bonds is 5. The van der Waals surface area contributed by atoms with Gasteiger partial charge in [-0.3, -0.25) is 9.59 Å². The SMILES string of the molecule is C.C[C@H]1C(=O)N(C)c2cnc(NCc3ccc(NC(=O)c4ccc(F)cc4)cc3)nc2N1C. The quantitative estimate of drug-likeness (QED) is 0.612.